The Bertz CT molecular complexity index is 1140. The fourth-order valence-corrected chi connectivity index (χ4v) is 3.42. The standard InChI is InChI=1S/C23H16N2O6/c26-21-18-8-4-5-9-19(18)22(27)24(21)20(23(28)31-17-6-2-1-3-7-17)14-15-10-12-16(13-11-15)25(29)30/h1-13,20H,14H2. The highest BCUT2D eigenvalue weighted by Gasteiger charge is 2.43. The highest BCUT2D eigenvalue weighted by molar-refractivity contribution is 6.22. The molecule has 154 valence electrons. The van der Waals surface area contributed by atoms with Crippen LogP contribution < -0.4 is 4.74 Å². The zero-order chi connectivity index (χ0) is 22.0. The van der Waals surface area contributed by atoms with Gasteiger partial charge in [0.1, 0.15) is 11.8 Å². The maximum atomic E-state index is 13.0. The Morgan fingerprint density at radius 1 is 0.871 bits per heavy atom. The van der Waals surface area contributed by atoms with Crippen molar-refractivity contribution in [3.63, 3.8) is 0 Å². The highest BCUT2D eigenvalue weighted by Crippen LogP contribution is 2.27. The first-order valence-electron chi connectivity index (χ1n) is 9.42. The van der Waals surface area contributed by atoms with Crippen molar-refractivity contribution >= 4 is 23.5 Å². The number of imide groups is 1. The highest BCUT2D eigenvalue weighted by atomic mass is 16.6. The number of rotatable bonds is 6. The molecule has 1 aliphatic rings. The predicted molar refractivity (Wildman–Crippen MR) is 110 cm³/mol. The average molecular weight is 416 g/mol. The summed E-state index contributed by atoms with van der Waals surface area (Å²) >= 11 is 0. The van der Waals surface area contributed by atoms with Crippen molar-refractivity contribution in [2.75, 3.05) is 0 Å². The van der Waals surface area contributed by atoms with Crippen molar-refractivity contribution in [3.8, 4) is 5.75 Å². The van der Waals surface area contributed by atoms with Gasteiger partial charge < -0.3 is 4.74 Å². The van der Waals surface area contributed by atoms with E-state index in [1.165, 1.54) is 36.4 Å². The van der Waals surface area contributed by atoms with Crippen LogP contribution in [0.4, 0.5) is 5.69 Å². The lowest BCUT2D eigenvalue weighted by Crippen LogP contribution is -2.48. The molecule has 0 saturated carbocycles. The van der Waals surface area contributed by atoms with E-state index in [2.05, 4.69) is 0 Å². The summed E-state index contributed by atoms with van der Waals surface area (Å²) in [4.78, 5) is 50.2. The number of benzene rings is 3. The number of nitro benzene ring substituents is 1. The van der Waals surface area contributed by atoms with Gasteiger partial charge in [-0.15, -0.1) is 0 Å². The van der Waals surface area contributed by atoms with Crippen LogP contribution >= 0.6 is 0 Å². The first kappa shape index (κ1) is 20.0. The zero-order valence-corrected chi connectivity index (χ0v) is 16.1. The number of esters is 1. The normalized spacial score (nSPS) is 13.6. The van der Waals surface area contributed by atoms with Crippen LogP contribution in [0.15, 0.2) is 78.9 Å². The molecule has 1 heterocycles. The SMILES string of the molecule is O=C(Oc1ccccc1)C(Cc1ccc([N+](=O)[O-])cc1)N1C(=O)c2ccccc2C1=O. The Morgan fingerprint density at radius 2 is 1.42 bits per heavy atom. The van der Waals surface area contributed by atoms with Gasteiger partial charge in [-0.2, -0.15) is 0 Å². The van der Waals surface area contributed by atoms with Crippen LogP contribution in [-0.2, 0) is 11.2 Å². The minimum atomic E-state index is -1.24. The molecule has 3 aromatic carbocycles. The van der Waals surface area contributed by atoms with Crippen molar-refractivity contribution in [2.24, 2.45) is 0 Å². The predicted octanol–water partition coefficient (Wildman–Crippen LogP) is 3.41. The Kier molecular flexibility index (Phi) is 5.28. The number of carbonyl (C=O) groups is 3. The summed E-state index contributed by atoms with van der Waals surface area (Å²) in [6.45, 7) is 0. The molecule has 1 aliphatic heterocycles. The average Bonchev–Trinajstić information content (AvgIpc) is 3.03. The molecule has 0 saturated heterocycles. The van der Waals surface area contributed by atoms with E-state index in [1.54, 1.807) is 42.5 Å². The molecular formula is C23H16N2O6. The molecule has 8 heteroatoms. The molecule has 0 aromatic heterocycles. The molecule has 0 radical (unpaired) electrons. The third-order valence-electron chi connectivity index (χ3n) is 4.95. The summed E-state index contributed by atoms with van der Waals surface area (Å²) in [7, 11) is 0. The molecule has 31 heavy (non-hydrogen) atoms. The van der Waals surface area contributed by atoms with Crippen LogP contribution in [0, 0.1) is 10.1 Å². The van der Waals surface area contributed by atoms with Crippen molar-refractivity contribution < 1.29 is 24.0 Å². The Balaban J connectivity index is 1.67. The van der Waals surface area contributed by atoms with Crippen LogP contribution in [0.3, 0.4) is 0 Å². The number of hydrogen-bond donors (Lipinski definition) is 0. The number of nitrogens with zero attached hydrogens (tertiary/aromatic N) is 2. The van der Waals surface area contributed by atoms with Crippen molar-refractivity contribution in [3.05, 3.63) is 106 Å². The third-order valence-corrected chi connectivity index (χ3v) is 4.95. The molecule has 0 spiro atoms. The summed E-state index contributed by atoms with van der Waals surface area (Å²) in [5.74, 6) is -1.67. The third kappa shape index (κ3) is 3.91. The lowest BCUT2D eigenvalue weighted by molar-refractivity contribution is -0.384. The van der Waals surface area contributed by atoms with Crippen molar-refractivity contribution in [1.82, 2.24) is 4.90 Å². The maximum absolute atomic E-state index is 13.0. The van der Waals surface area contributed by atoms with Gasteiger partial charge in [-0.1, -0.05) is 42.5 Å². The molecule has 0 bridgehead atoms. The van der Waals surface area contributed by atoms with Gasteiger partial charge in [0.15, 0.2) is 0 Å². The Morgan fingerprint density at radius 3 is 1.97 bits per heavy atom. The molecule has 0 aliphatic carbocycles. The monoisotopic (exact) mass is 416 g/mol. The first-order chi connectivity index (χ1) is 15.0. The maximum Gasteiger partial charge on any atom is 0.335 e. The van der Waals surface area contributed by atoms with Gasteiger partial charge >= 0.3 is 5.97 Å². The van der Waals surface area contributed by atoms with Gasteiger partial charge in [-0.05, 0) is 29.8 Å². The topological polar surface area (TPSA) is 107 Å². The van der Waals surface area contributed by atoms with Crippen LogP contribution in [0.25, 0.3) is 0 Å². The van der Waals surface area contributed by atoms with Crippen LogP contribution in [-0.4, -0.2) is 33.6 Å². The Labute approximate surface area is 176 Å². The lowest BCUT2D eigenvalue weighted by atomic mass is 10.0. The van der Waals surface area contributed by atoms with Crippen LogP contribution in [0.1, 0.15) is 26.3 Å². The fourth-order valence-electron chi connectivity index (χ4n) is 3.42. The smallest absolute Gasteiger partial charge is 0.335 e. The number of carbonyl (C=O) groups excluding carboxylic acids is 3. The van der Waals surface area contributed by atoms with Gasteiger partial charge in [-0.25, -0.2) is 4.79 Å². The molecular weight excluding hydrogens is 400 g/mol. The van der Waals surface area contributed by atoms with Crippen molar-refractivity contribution in [1.29, 1.82) is 0 Å². The van der Waals surface area contributed by atoms with E-state index in [4.69, 9.17) is 4.74 Å². The molecule has 0 N–H and O–H groups in total. The van der Waals surface area contributed by atoms with E-state index in [1.807, 2.05) is 0 Å². The molecule has 4 rings (SSSR count). The molecule has 1 atom stereocenters. The van der Waals surface area contributed by atoms with Gasteiger partial charge in [0.2, 0.25) is 0 Å². The summed E-state index contributed by atoms with van der Waals surface area (Å²) in [5.41, 5.74) is 0.868. The number of ether oxygens (including phenoxy) is 1. The van der Waals surface area contributed by atoms with Crippen molar-refractivity contribution in [2.45, 2.75) is 12.5 Å². The van der Waals surface area contributed by atoms with Crippen LogP contribution in [0.5, 0.6) is 5.75 Å². The summed E-state index contributed by atoms with van der Waals surface area (Å²) < 4.78 is 5.43. The fraction of sp³-hybridized carbons (Fsp3) is 0.0870. The van der Waals surface area contributed by atoms with E-state index in [9.17, 15) is 24.5 Å². The first-order valence-corrected chi connectivity index (χ1v) is 9.42. The Hall–Kier alpha value is -4.33. The second-order valence-electron chi connectivity index (χ2n) is 6.90. The molecule has 1 unspecified atom stereocenters. The number of non-ortho nitro benzene ring substituents is 1. The number of para-hydroxylation sites is 1. The van der Waals surface area contributed by atoms with E-state index >= 15 is 0 Å². The number of fused-ring (bicyclic) bond motifs is 1. The second kappa shape index (κ2) is 8.19. The summed E-state index contributed by atoms with van der Waals surface area (Å²) in [6.07, 6.45) is -0.0465. The number of amides is 2. The second-order valence-corrected chi connectivity index (χ2v) is 6.90. The van der Waals surface area contributed by atoms with Gasteiger partial charge in [0.25, 0.3) is 17.5 Å². The minimum Gasteiger partial charge on any atom is -0.425 e. The summed E-state index contributed by atoms with van der Waals surface area (Å²) in [5, 5.41) is 10.9. The number of nitro groups is 1. The summed E-state index contributed by atoms with van der Waals surface area (Å²) in [6, 6.07) is 19.0. The largest absolute Gasteiger partial charge is 0.425 e. The molecule has 3 aromatic rings. The molecule has 8 nitrogen and oxygen atoms in total. The van der Waals surface area contributed by atoms with Gasteiger partial charge in [-0.3, -0.25) is 24.6 Å². The van der Waals surface area contributed by atoms with E-state index in [0.717, 1.165) is 4.90 Å². The lowest BCUT2D eigenvalue weighted by Gasteiger charge is -2.24. The zero-order valence-electron chi connectivity index (χ0n) is 16.1. The van der Waals surface area contributed by atoms with E-state index in [0.29, 0.717) is 5.56 Å². The quantitative estimate of drug-likeness (QED) is 0.200. The minimum absolute atomic E-state index is 0.0465. The van der Waals surface area contributed by atoms with Gasteiger partial charge in [0.05, 0.1) is 16.1 Å². The molecule has 2 amide bonds. The van der Waals surface area contributed by atoms with Gasteiger partial charge in [0, 0.05) is 18.6 Å². The van der Waals surface area contributed by atoms with E-state index in [-0.39, 0.29) is 29.0 Å². The molecule has 0 fully saturated rings. The van der Waals surface area contributed by atoms with Crippen LogP contribution in [0.2, 0.25) is 0 Å². The number of hydrogen-bond acceptors (Lipinski definition) is 6. The van der Waals surface area contributed by atoms with E-state index < -0.39 is 28.7 Å².